The Balaban J connectivity index is 1.90. The molecule has 2 aromatic rings. The first kappa shape index (κ1) is 13.4. The maximum Gasteiger partial charge on any atom is 0.312 e. The zero-order valence-electron chi connectivity index (χ0n) is 9.86. The van der Waals surface area contributed by atoms with Crippen molar-refractivity contribution in [2.75, 3.05) is 11.9 Å². The molecule has 0 aliphatic rings. The second kappa shape index (κ2) is 6.23. The zero-order valence-corrected chi connectivity index (χ0v) is 11.4. The van der Waals surface area contributed by atoms with Crippen LogP contribution in [0.5, 0.6) is 0 Å². The number of nitrogens with one attached hydrogen (secondary N) is 1. The summed E-state index contributed by atoms with van der Waals surface area (Å²) in [5.74, 6) is 0.270. The molecule has 8 nitrogen and oxygen atoms in total. The third kappa shape index (κ3) is 3.71. The Morgan fingerprint density at radius 1 is 1.53 bits per heavy atom. The second-order valence-electron chi connectivity index (χ2n) is 3.72. The van der Waals surface area contributed by atoms with E-state index in [9.17, 15) is 10.1 Å². The van der Waals surface area contributed by atoms with Gasteiger partial charge in [-0.25, -0.2) is 4.98 Å². The molecule has 0 bridgehead atoms. The lowest BCUT2D eigenvalue weighted by atomic mass is 10.3. The maximum atomic E-state index is 10.9. The fourth-order valence-corrected chi connectivity index (χ4v) is 1.82. The van der Waals surface area contributed by atoms with E-state index in [-0.39, 0.29) is 11.5 Å². The third-order valence-electron chi connectivity index (χ3n) is 2.36. The number of aryl methyl sites for hydroxylation is 1. The van der Waals surface area contributed by atoms with E-state index in [1.807, 2.05) is 0 Å². The molecular weight excluding hydrogens is 316 g/mol. The van der Waals surface area contributed by atoms with Crippen LogP contribution in [-0.2, 0) is 6.54 Å². The summed E-state index contributed by atoms with van der Waals surface area (Å²) in [6.45, 7) is 1.26. The van der Waals surface area contributed by atoms with E-state index in [0.717, 1.165) is 6.42 Å². The molecule has 0 atom stereocenters. The quantitative estimate of drug-likeness (QED) is 0.494. The largest absolute Gasteiger partial charge is 0.364 e. The molecule has 0 radical (unpaired) electrons. The Morgan fingerprint density at radius 3 is 3.05 bits per heavy atom. The van der Waals surface area contributed by atoms with Crippen LogP contribution < -0.4 is 5.32 Å². The minimum Gasteiger partial charge on any atom is -0.364 e. The normalized spacial score (nSPS) is 10.4. The van der Waals surface area contributed by atoms with Gasteiger partial charge >= 0.3 is 5.69 Å². The highest BCUT2D eigenvalue weighted by atomic mass is 79.9. The summed E-state index contributed by atoms with van der Waals surface area (Å²) in [6.07, 6.45) is 5.65. The van der Waals surface area contributed by atoms with Crippen molar-refractivity contribution in [3.05, 3.63) is 39.2 Å². The highest BCUT2D eigenvalue weighted by molar-refractivity contribution is 9.10. The number of hydrogen-bond acceptors (Lipinski definition) is 6. The van der Waals surface area contributed by atoms with Gasteiger partial charge in [-0.15, -0.1) is 5.10 Å². The fourth-order valence-electron chi connectivity index (χ4n) is 1.50. The molecule has 0 spiro atoms. The fraction of sp³-hybridized carbons (Fsp3) is 0.300. The van der Waals surface area contributed by atoms with Crippen molar-refractivity contribution in [3.63, 3.8) is 0 Å². The van der Waals surface area contributed by atoms with Crippen LogP contribution >= 0.6 is 15.9 Å². The van der Waals surface area contributed by atoms with E-state index in [0.29, 0.717) is 17.6 Å². The van der Waals surface area contributed by atoms with E-state index in [1.54, 1.807) is 17.1 Å². The predicted molar refractivity (Wildman–Crippen MR) is 71.7 cm³/mol. The minimum atomic E-state index is -0.461. The number of rotatable bonds is 6. The van der Waals surface area contributed by atoms with Crippen LogP contribution in [0.15, 0.2) is 29.1 Å². The summed E-state index contributed by atoms with van der Waals surface area (Å²) in [7, 11) is 0. The van der Waals surface area contributed by atoms with Crippen molar-refractivity contribution in [2.24, 2.45) is 0 Å². The van der Waals surface area contributed by atoms with Crippen LogP contribution in [0.1, 0.15) is 6.42 Å². The SMILES string of the molecule is O=[N+]([O-])c1cc(Br)cnc1NCCCn1ccnn1. The highest BCUT2D eigenvalue weighted by Gasteiger charge is 2.15. The first-order chi connectivity index (χ1) is 9.16. The van der Waals surface area contributed by atoms with Crippen molar-refractivity contribution in [3.8, 4) is 0 Å². The van der Waals surface area contributed by atoms with Crippen molar-refractivity contribution in [1.82, 2.24) is 20.0 Å². The molecule has 0 unspecified atom stereocenters. The van der Waals surface area contributed by atoms with Gasteiger partial charge in [0.15, 0.2) is 0 Å². The Hall–Kier alpha value is -2.03. The molecule has 100 valence electrons. The van der Waals surface area contributed by atoms with E-state index in [4.69, 9.17) is 0 Å². The summed E-state index contributed by atoms with van der Waals surface area (Å²) in [4.78, 5) is 14.4. The van der Waals surface area contributed by atoms with Gasteiger partial charge in [-0.05, 0) is 22.4 Å². The molecule has 0 saturated carbocycles. The molecule has 2 rings (SSSR count). The number of anilines is 1. The molecular formula is C10H11BrN6O2. The van der Waals surface area contributed by atoms with Crippen molar-refractivity contribution in [1.29, 1.82) is 0 Å². The molecule has 2 heterocycles. The lowest BCUT2D eigenvalue weighted by molar-refractivity contribution is -0.384. The first-order valence-corrected chi connectivity index (χ1v) is 6.34. The van der Waals surface area contributed by atoms with Crippen molar-refractivity contribution >= 4 is 27.4 Å². The summed E-state index contributed by atoms with van der Waals surface area (Å²) in [5, 5.41) is 21.3. The summed E-state index contributed by atoms with van der Waals surface area (Å²) >= 11 is 3.16. The Labute approximate surface area is 117 Å². The van der Waals surface area contributed by atoms with E-state index in [1.165, 1.54) is 12.3 Å². The van der Waals surface area contributed by atoms with Crippen molar-refractivity contribution in [2.45, 2.75) is 13.0 Å². The monoisotopic (exact) mass is 326 g/mol. The number of hydrogen-bond donors (Lipinski definition) is 1. The third-order valence-corrected chi connectivity index (χ3v) is 2.79. The lowest BCUT2D eigenvalue weighted by Gasteiger charge is -2.06. The molecule has 0 aliphatic carbocycles. The standard InChI is InChI=1S/C10H11BrN6O2/c11-8-6-9(17(18)19)10(13-7-8)12-2-1-4-16-5-3-14-15-16/h3,5-7H,1-2,4H2,(H,12,13). The summed E-state index contributed by atoms with van der Waals surface area (Å²) in [5.41, 5.74) is -0.0462. The van der Waals surface area contributed by atoms with E-state index >= 15 is 0 Å². The Bertz CT molecular complexity index is 559. The second-order valence-corrected chi connectivity index (χ2v) is 4.64. The summed E-state index contributed by atoms with van der Waals surface area (Å²) < 4.78 is 2.28. The van der Waals surface area contributed by atoms with Gasteiger partial charge in [0.2, 0.25) is 5.82 Å². The maximum absolute atomic E-state index is 10.9. The molecule has 1 N–H and O–H groups in total. The molecule has 2 aromatic heterocycles. The van der Waals surface area contributed by atoms with Crippen LogP contribution in [0.2, 0.25) is 0 Å². The minimum absolute atomic E-state index is 0.0462. The van der Waals surface area contributed by atoms with Gasteiger partial charge in [0.25, 0.3) is 0 Å². The number of pyridine rings is 1. The van der Waals surface area contributed by atoms with Gasteiger partial charge in [0, 0.05) is 36.0 Å². The molecule has 0 aromatic carbocycles. The average molecular weight is 327 g/mol. The highest BCUT2D eigenvalue weighted by Crippen LogP contribution is 2.25. The van der Waals surface area contributed by atoms with Gasteiger partial charge in [-0.1, -0.05) is 5.21 Å². The van der Waals surface area contributed by atoms with Gasteiger partial charge in [-0.2, -0.15) is 0 Å². The average Bonchev–Trinajstić information content (AvgIpc) is 2.89. The molecule has 19 heavy (non-hydrogen) atoms. The molecule has 0 saturated heterocycles. The zero-order chi connectivity index (χ0) is 13.7. The number of nitro groups is 1. The van der Waals surface area contributed by atoms with Gasteiger partial charge < -0.3 is 5.32 Å². The van der Waals surface area contributed by atoms with Gasteiger partial charge in [0.05, 0.1) is 11.1 Å². The van der Waals surface area contributed by atoms with Crippen LogP contribution in [0.4, 0.5) is 11.5 Å². The predicted octanol–water partition coefficient (Wildman–Crippen LogP) is 1.85. The number of aromatic nitrogens is 4. The topological polar surface area (TPSA) is 98.8 Å². The van der Waals surface area contributed by atoms with Gasteiger partial charge in [-0.3, -0.25) is 14.8 Å². The summed E-state index contributed by atoms with van der Waals surface area (Å²) in [6, 6.07) is 1.42. The Kier molecular flexibility index (Phi) is 4.39. The lowest BCUT2D eigenvalue weighted by Crippen LogP contribution is -2.09. The first-order valence-electron chi connectivity index (χ1n) is 5.55. The van der Waals surface area contributed by atoms with Crippen LogP contribution in [0.3, 0.4) is 0 Å². The number of nitrogens with zero attached hydrogens (tertiary/aromatic N) is 5. The molecule has 9 heteroatoms. The molecule has 0 fully saturated rings. The van der Waals surface area contributed by atoms with Crippen LogP contribution in [-0.4, -0.2) is 31.4 Å². The smallest absolute Gasteiger partial charge is 0.312 e. The Morgan fingerprint density at radius 2 is 2.37 bits per heavy atom. The van der Waals surface area contributed by atoms with Gasteiger partial charge in [0.1, 0.15) is 0 Å². The van der Waals surface area contributed by atoms with Crippen LogP contribution in [0, 0.1) is 10.1 Å². The number of halogens is 1. The molecule has 0 aliphatic heterocycles. The van der Waals surface area contributed by atoms with Crippen LogP contribution in [0.25, 0.3) is 0 Å². The van der Waals surface area contributed by atoms with Crippen molar-refractivity contribution < 1.29 is 4.92 Å². The van der Waals surface area contributed by atoms with E-state index in [2.05, 4.69) is 36.5 Å². The van der Waals surface area contributed by atoms with E-state index < -0.39 is 4.92 Å². The molecule has 0 amide bonds.